The molecule has 0 aliphatic heterocycles. The number of hydrogen-bond donors (Lipinski definition) is 1. The zero-order valence-corrected chi connectivity index (χ0v) is 8.55. The Kier molecular flexibility index (Phi) is 3.08. The van der Waals surface area contributed by atoms with Crippen LogP contribution in [-0.4, -0.2) is 20.7 Å². The summed E-state index contributed by atoms with van der Waals surface area (Å²) in [6.45, 7) is -2.84. The molecular weight excluding hydrogens is 230 g/mol. The molecule has 0 aliphatic rings. The number of nitrogens with zero attached hydrogens (tertiary/aromatic N) is 3. The number of carbonyl (C=O) groups excluding carboxylic acids is 1. The zero-order chi connectivity index (χ0) is 12.3. The van der Waals surface area contributed by atoms with Crippen LogP contribution in [0.2, 0.25) is 0 Å². The molecule has 0 aliphatic carbocycles. The lowest BCUT2D eigenvalue weighted by Crippen LogP contribution is -2.18. The van der Waals surface area contributed by atoms with Crippen LogP contribution in [0.15, 0.2) is 36.8 Å². The molecule has 5 nitrogen and oxygen atoms in total. The van der Waals surface area contributed by atoms with E-state index in [1.165, 1.54) is 18.5 Å². The lowest BCUT2D eigenvalue weighted by molar-refractivity contribution is 0.0520. The van der Waals surface area contributed by atoms with Crippen molar-refractivity contribution in [1.82, 2.24) is 14.8 Å². The molecule has 17 heavy (non-hydrogen) atoms. The quantitative estimate of drug-likeness (QED) is 0.888. The van der Waals surface area contributed by atoms with Gasteiger partial charge in [-0.1, -0.05) is 0 Å². The first-order valence-electron chi connectivity index (χ1n) is 4.71. The molecule has 0 saturated carbocycles. The van der Waals surface area contributed by atoms with Gasteiger partial charge in [0.1, 0.15) is 5.69 Å². The Labute approximate surface area is 95.1 Å². The van der Waals surface area contributed by atoms with Crippen molar-refractivity contribution in [2.24, 2.45) is 0 Å². The maximum atomic E-state index is 12.5. The summed E-state index contributed by atoms with van der Waals surface area (Å²) >= 11 is 0. The molecule has 2 rings (SSSR count). The molecule has 88 valence electrons. The monoisotopic (exact) mass is 238 g/mol. The van der Waals surface area contributed by atoms with Crippen molar-refractivity contribution < 1.29 is 13.6 Å². The van der Waals surface area contributed by atoms with E-state index in [4.69, 9.17) is 0 Å². The van der Waals surface area contributed by atoms with Gasteiger partial charge in [-0.05, 0) is 18.2 Å². The minimum absolute atomic E-state index is 0.197. The van der Waals surface area contributed by atoms with E-state index in [1.807, 2.05) is 0 Å². The van der Waals surface area contributed by atoms with E-state index in [0.29, 0.717) is 10.4 Å². The Morgan fingerprint density at radius 2 is 1.94 bits per heavy atom. The number of alkyl halides is 2. The number of carbonyl (C=O) groups is 1. The lowest BCUT2D eigenvalue weighted by Gasteiger charge is -2.06. The molecule has 2 aromatic heterocycles. The van der Waals surface area contributed by atoms with Gasteiger partial charge in [0.2, 0.25) is 0 Å². The van der Waals surface area contributed by atoms with E-state index in [1.54, 1.807) is 12.1 Å². The van der Waals surface area contributed by atoms with E-state index < -0.39 is 12.5 Å². The van der Waals surface area contributed by atoms with E-state index in [2.05, 4.69) is 15.4 Å². The van der Waals surface area contributed by atoms with Crippen LogP contribution >= 0.6 is 0 Å². The number of rotatable bonds is 3. The van der Waals surface area contributed by atoms with Gasteiger partial charge in [-0.15, -0.1) is 0 Å². The molecule has 0 spiro atoms. The van der Waals surface area contributed by atoms with Gasteiger partial charge >= 0.3 is 6.55 Å². The van der Waals surface area contributed by atoms with Crippen LogP contribution in [0.3, 0.4) is 0 Å². The average molecular weight is 238 g/mol. The molecule has 1 N–H and O–H groups in total. The fourth-order valence-corrected chi connectivity index (χ4v) is 1.28. The van der Waals surface area contributed by atoms with E-state index in [-0.39, 0.29) is 5.69 Å². The van der Waals surface area contributed by atoms with Crippen LogP contribution in [0.25, 0.3) is 0 Å². The van der Waals surface area contributed by atoms with E-state index in [0.717, 1.165) is 6.20 Å². The maximum Gasteiger partial charge on any atom is 0.333 e. The number of amides is 1. The van der Waals surface area contributed by atoms with Crippen LogP contribution in [-0.2, 0) is 0 Å². The van der Waals surface area contributed by atoms with Crippen LogP contribution in [0, 0.1) is 0 Å². The molecule has 0 saturated heterocycles. The van der Waals surface area contributed by atoms with Crippen molar-refractivity contribution in [2.75, 3.05) is 5.32 Å². The van der Waals surface area contributed by atoms with Crippen LogP contribution in [0.5, 0.6) is 0 Å². The van der Waals surface area contributed by atoms with E-state index >= 15 is 0 Å². The second-order valence-electron chi connectivity index (χ2n) is 3.13. The second-order valence-corrected chi connectivity index (χ2v) is 3.13. The summed E-state index contributed by atoms with van der Waals surface area (Å²) in [6, 6.07) is 4.34. The standard InChI is InChI=1S/C10H8F2N4O/c11-10(12)16-8(3-6-14-16)9(17)15-7-1-4-13-5-2-7/h1-6,10H,(H,13,15,17). The summed E-state index contributed by atoms with van der Waals surface area (Å²) in [5.41, 5.74) is 0.281. The second kappa shape index (κ2) is 4.69. The molecular formula is C10H8F2N4O. The SMILES string of the molecule is O=C(Nc1ccncc1)c1ccnn1C(F)F. The van der Waals surface area contributed by atoms with Crippen molar-refractivity contribution in [3.05, 3.63) is 42.5 Å². The molecule has 7 heteroatoms. The Balaban J connectivity index is 2.18. The fraction of sp³-hybridized carbons (Fsp3) is 0.100. The predicted octanol–water partition coefficient (Wildman–Crippen LogP) is 1.93. The minimum Gasteiger partial charge on any atom is -0.321 e. The smallest absolute Gasteiger partial charge is 0.321 e. The first-order chi connectivity index (χ1) is 8.18. The highest BCUT2D eigenvalue weighted by Gasteiger charge is 2.17. The normalized spacial score (nSPS) is 10.5. The Hall–Kier alpha value is -2.31. The highest BCUT2D eigenvalue weighted by molar-refractivity contribution is 6.02. The zero-order valence-electron chi connectivity index (χ0n) is 8.55. The minimum atomic E-state index is -2.84. The number of hydrogen-bond acceptors (Lipinski definition) is 3. The highest BCUT2D eigenvalue weighted by Crippen LogP contribution is 2.13. The molecule has 0 fully saturated rings. The first kappa shape index (κ1) is 11.2. The highest BCUT2D eigenvalue weighted by atomic mass is 19.3. The van der Waals surface area contributed by atoms with Crippen LogP contribution in [0.1, 0.15) is 17.0 Å². The summed E-state index contributed by atoms with van der Waals surface area (Å²) in [5, 5.41) is 5.84. The third-order valence-electron chi connectivity index (χ3n) is 2.03. The van der Waals surface area contributed by atoms with Gasteiger partial charge in [-0.2, -0.15) is 18.6 Å². The molecule has 0 aromatic carbocycles. The molecule has 1 amide bonds. The van der Waals surface area contributed by atoms with E-state index in [9.17, 15) is 13.6 Å². The molecule has 0 atom stereocenters. The van der Waals surface area contributed by atoms with Gasteiger partial charge in [-0.3, -0.25) is 9.78 Å². The van der Waals surface area contributed by atoms with Gasteiger partial charge in [0.25, 0.3) is 5.91 Å². The van der Waals surface area contributed by atoms with Crippen molar-refractivity contribution in [3.63, 3.8) is 0 Å². The summed E-state index contributed by atoms with van der Waals surface area (Å²) in [6.07, 6.45) is 4.12. The number of nitrogens with one attached hydrogen (secondary N) is 1. The number of pyridine rings is 1. The maximum absolute atomic E-state index is 12.5. The van der Waals surface area contributed by atoms with Crippen molar-refractivity contribution >= 4 is 11.6 Å². The Bertz CT molecular complexity index is 512. The fourth-order valence-electron chi connectivity index (χ4n) is 1.28. The summed E-state index contributed by atoms with van der Waals surface area (Å²) in [4.78, 5) is 15.4. The van der Waals surface area contributed by atoms with Gasteiger partial charge in [0.15, 0.2) is 0 Å². The molecule has 2 aromatic rings. The van der Waals surface area contributed by atoms with Gasteiger partial charge in [0, 0.05) is 24.3 Å². The van der Waals surface area contributed by atoms with Crippen LogP contribution < -0.4 is 5.32 Å². The predicted molar refractivity (Wildman–Crippen MR) is 55.7 cm³/mol. The van der Waals surface area contributed by atoms with Gasteiger partial charge in [0.05, 0.1) is 0 Å². The first-order valence-corrected chi connectivity index (χ1v) is 4.71. The van der Waals surface area contributed by atoms with Crippen LogP contribution in [0.4, 0.5) is 14.5 Å². The largest absolute Gasteiger partial charge is 0.333 e. The summed E-state index contributed by atoms with van der Waals surface area (Å²) in [7, 11) is 0. The Morgan fingerprint density at radius 1 is 1.24 bits per heavy atom. The molecule has 2 heterocycles. The lowest BCUT2D eigenvalue weighted by atomic mass is 10.3. The third-order valence-corrected chi connectivity index (χ3v) is 2.03. The number of halogens is 2. The number of aromatic nitrogens is 3. The third kappa shape index (κ3) is 2.44. The summed E-state index contributed by atoms with van der Waals surface area (Å²) in [5.74, 6) is -0.644. The van der Waals surface area contributed by atoms with Crippen molar-refractivity contribution in [2.45, 2.75) is 6.55 Å². The summed E-state index contributed by atoms with van der Waals surface area (Å²) < 4.78 is 25.3. The van der Waals surface area contributed by atoms with Crippen molar-refractivity contribution in [1.29, 1.82) is 0 Å². The topological polar surface area (TPSA) is 59.8 Å². The van der Waals surface area contributed by atoms with Gasteiger partial charge in [-0.25, -0.2) is 0 Å². The average Bonchev–Trinajstić information content (AvgIpc) is 2.79. The molecule has 0 radical (unpaired) electrons. The van der Waals surface area contributed by atoms with Gasteiger partial charge < -0.3 is 5.32 Å². The Morgan fingerprint density at radius 3 is 2.59 bits per heavy atom. The molecule has 0 bridgehead atoms. The van der Waals surface area contributed by atoms with Crippen molar-refractivity contribution in [3.8, 4) is 0 Å². The molecule has 0 unspecified atom stereocenters. The number of anilines is 1.